The number of nitrogens with zero attached hydrogens (tertiary/aromatic N) is 1. The van der Waals surface area contributed by atoms with Gasteiger partial charge in [-0.2, -0.15) is 0 Å². The summed E-state index contributed by atoms with van der Waals surface area (Å²) in [6.45, 7) is 7.49. The summed E-state index contributed by atoms with van der Waals surface area (Å²) in [6.07, 6.45) is 1.01. The maximum Gasteiger partial charge on any atom is 0.188 e. The number of aliphatic imine (C=N–C) groups is 1. The summed E-state index contributed by atoms with van der Waals surface area (Å²) in [7, 11) is 0. The van der Waals surface area contributed by atoms with Crippen LogP contribution in [0.25, 0.3) is 0 Å². The lowest BCUT2D eigenvalue weighted by atomic mass is 9.93. The average molecular weight is 267 g/mol. The topological polar surface area (TPSA) is 59.6 Å². The zero-order chi connectivity index (χ0) is 13.2. The number of fused-ring (bicyclic) bond motifs is 1. The third-order valence-electron chi connectivity index (χ3n) is 3.05. The molecular weight excluding hydrogens is 246 g/mol. The van der Waals surface area contributed by atoms with Crippen LogP contribution in [0.3, 0.4) is 0 Å². The van der Waals surface area contributed by atoms with E-state index < -0.39 is 0 Å². The molecule has 1 aromatic heterocycles. The highest BCUT2D eigenvalue weighted by molar-refractivity contribution is 7.10. The second-order valence-electron chi connectivity index (χ2n) is 5.09. The Morgan fingerprint density at radius 1 is 1.67 bits per heavy atom. The molecule has 1 unspecified atom stereocenters. The predicted octanol–water partition coefficient (Wildman–Crippen LogP) is 1.85. The molecule has 2 rings (SSSR count). The molecule has 0 radical (unpaired) electrons. The van der Waals surface area contributed by atoms with Crippen molar-refractivity contribution in [2.45, 2.75) is 38.8 Å². The van der Waals surface area contributed by atoms with E-state index >= 15 is 0 Å². The van der Waals surface area contributed by atoms with Crippen molar-refractivity contribution in [3.8, 4) is 0 Å². The van der Waals surface area contributed by atoms with Gasteiger partial charge in [-0.3, -0.25) is 4.99 Å². The zero-order valence-corrected chi connectivity index (χ0v) is 12.0. The van der Waals surface area contributed by atoms with Crippen molar-refractivity contribution >= 4 is 17.3 Å². The van der Waals surface area contributed by atoms with E-state index in [2.05, 4.69) is 28.7 Å². The molecule has 0 aliphatic carbocycles. The molecule has 0 bridgehead atoms. The Labute approximate surface area is 112 Å². The van der Waals surface area contributed by atoms with Crippen molar-refractivity contribution in [2.75, 3.05) is 13.2 Å². The Morgan fingerprint density at radius 2 is 2.44 bits per heavy atom. The third-order valence-corrected chi connectivity index (χ3v) is 4.03. The van der Waals surface area contributed by atoms with E-state index in [9.17, 15) is 0 Å². The Hall–Kier alpha value is -1.07. The highest BCUT2D eigenvalue weighted by Crippen LogP contribution is 2.36. The molecule has 0 fully saturated rings. The van der Waals surface area contributed by atoms with Gasteiger partial charge in [-0.25, -0.2) is 0 Å². The quantitative estimate of drug-likeness (QED) is 0.649. The van der Waals surface area contributed by atoms with Gasteiger partial charge in [0, 0.05) is 17.3 Å². The third kappa shape index (κ3) is 2.84. The highest BCUT2D eigenvalue weighted by Gasteiger charge is 2.33. The number of ether oxygens (including phenoxy) is 1. The van der Waals surface area contributed by atoms with E-state index in [1.54, 1.807) is 11.3 Å². The molecular formula is C13H21N3OS. The SMILES string of the molecule is CC(C)NC(N)=NCC1(C)OCCc2sccc21. The van der Waals surface area contributed by atoms with E-state index in [1.165, 1.54) is 10.4 Å². The van der Waals surface area contributed by atoms with E-state index in [0.717, 1.165) is 13.0 Å². The lowest BCUT2D eigenvalue weighted by Crippen LogP contribution is -2.40. The Bertz CT molecular complexity index is 441. The first-order chi connectivity index (χ1) is 8.51. The van der Waals surface area contributed by atoms with Crippen molar-refractivity contribution in [3.63, 3.8) is 0 Å². The van der Waals surface area contributed by atoms with Crippen molar-refractivity contribution in [3.05, 3.63) is 21.9 Å². The van der Waals surface area contributed by atoms with Gasteiger partial charge in [0.1, 0.15) is 5.60 Å². The standard InChI is InChI=1S/C13H21N3OS/c1-9(2)16-12(14)15-8-13(3)10-5-7-18-11(10)4-6-17-13/h5,7,9H,4,6,8H2,1-3H3,(H3,14,15,16). The second-order valence-corrected chi connectivity index (χ2v) is 6.09. The minimum Gasteiger partial charge on any atom is -0.370 e. The van der Waals surface area contributed by atoms with Gasteiger partial charge in [0.15, 0.2) is 5.96 Å². The molecule has 0 saturated carbocycles. The number of nitrogens with one attached hydrogen (secondary N) is 1. The summed E-state index contributed by atoms with van der Waals surface area (Å²) in [5, 5.41) is 5.21. The smallest absolute Gasteiger partial charge is 0.188 e. The highest BCUT2D eigenvalue weighted by atomic mass is 32.1. The van der Waals surface area contributed by atoms with Crippen LogP contribution in [0.2, 0.25) is 0 Å². The maximum absolute atomic E-state index is 5.92. The molecule has 0 amide bonds. The normalized spacial score (nSPS) is 24.1. The average Bonchev–Trinajstić information content (AvgIpc) is 2.76. The number of nitrogens with two attached hydrogens (primary N) is 1. The van der Waals surface area contributed by atoms with Crippen LogP contribution in [0.4, 0.5) is 0 Å². The minimum absolute atomic E-state index is 0.297. The summed E-state index contributed by atoms with van der Waals surface area (Å²) in [5.41, 5.74) is 6.76. The van der Waals surface area contributed by atoms with Gasteiger partial charge in [-0.05, 0) is 37.8 Å². The molecule has 1 aromatic rings. The molecule has 1 aliphatic heterocycles. The van der Waals surface area contributed by atoms with Crippen molar-refractivity contribution < 1.29 is 4.74 Å². The van der Waals surface area contributed by atoms with E-state index in [1.807, 2.05) is 13.8 Å². The molecule has 1 atom stereocenters. The second kappa shape index (κ2) is 5.28. The summed E-state index contributed by atoms with van der Waals surface area (Å²) in [5.74, 6) is 0.483. The van der Waals surface area contributed by atoms with E-state index in [-0.39, 0.29) is 5.60 Å². The molecule has 100 valence electrons. The fourth-order valence-electron chi connectivity index (χ4n) is 2.16. The molecule has 4 nitrogen and oxygen atoms in total. The lowest BCUT2D eigenvalue weighted by Gasteiger charge is -2.33. The number of rotatable bonds is 3. The number of hydrogen-bond acceptors (Lipinski definition) is 3. The van der Waals surface area contributed by atoms with Crippen LogP contribution in [-0.4, -0.2) is 25.2 Å². The van der Waals surface area contributed by atoms with Gasteiger partial charge in [0.05, 0.1) is 13.2 Å². The molecule has 1 aliphatic rings. The first-order valence-electron chi connectivity index (χ1n) is 6.28. The Balaban J connectivity index is 2.10. The van der Waals surface area contributed by atoms with Crippen LogP contribution >= 0.6 is 11.3 Å². The van der Waals surface area contributed by atoms with Crippen LogP contribution in [0, 0.1) is 0 Å². The van der Waals surface area contributed by atoms with Gasteiger partial charge >= 0.3 is 0 Å². The fourth-order valence-corrected chi connectivity index (χ4v) is 3.14. The fraction of sp³-hybridized carbons (Fsp3) is 0.615. The molecule has 0 aromatic carbocycles. The van der Waals surface area contributed by atoms with Crippen LogP contribution in [0.15, 0.2) is 16.4 Å². The number of thiophene rings is 1. The largest absolute Gasteiger partial charge is 0.370 e. The minimum atomic E-state index is -0.336. The zero-order valence-electron chi connectivity index (χ0n) is 11.2. The molecule has 3 N–H and O–H groups in total. The Morgan fingerprint density at radius 3 is 3.17 bits per heavy atom. The van der Waals surface area contributed by atoms with Crippen molar-refractivity contribution in [1.29, 1.82) is 0 Å². The first-order valence-corrected chi connectivity index (χ1v) is 7.16. The lowest BCUT2D eigenvalue weighted by molar-refractivity contribution is -0.0375. The number of guanidine groups is 1. The molecule has 0 spiro atoms. The molecule has 5 heteroatoms. The molecule has 0 saturated heterocycles. The summed E-state index contributed by atoms with van der Waals surface area (Å²) < 4.78 is 5.92. The van der Waals surface area contributed by atoms with Crippen LogP contribution in [0.1, 0.15) is 31.2 Å². The van der Waals surface area contributed by atoms with Crippen molar-refractivity contribution in [1.82, 2.24) is 5.32 Å². The van der Waals surface area contributed by atoms with E-state index in [0.29, 0.717) is 18.5 Å². The maximum atomic E-state index is 5.92. The number of hydrogen-bond donors (Lipinski definition) is 2. The van der Waals surface area contributed by atoms with Gasteiger partial charge in [-0.15, -0.1) is 11.3 Å². The molecule has 2 heterocycles. The first kappa shape index (κ1) is 13.4. The summed E-state index contributed by atoms with van der Waals surface area (Å²) in [4.78, 5) is 5.81. The van der Waals surface area contributed by atoms with E-state index in [4.69, 9.17) is 10.5 Å². The summed E-state index contributed by atoms with van der Waals surface area (Å²) >= 11 is 1.80. The van der Waals surface area contributed by atoms with Crippen molar-refractivity contribution in [2.24, 2.45) is 10.7 Å². The van der Waals surface area contributed by atoms with Crippen LogP contribution in [-0.2, 0) is 16.8 Å². The molecule has 18 heavy (non-hydrogen) atoms. The predicted molar refractivity (Wildman–Crippen MR) is 76.1 cm³/mol. The monoisotopic (exact) mass is 267 g/mol. The Kier molecular flexibility index (Phi) is 3.92. The van der Waals surface area contributed by atoms with Gasteiger partial charge < -0.3 is 15.8 Å². The van der Waals surface area contributed by atoms with Gasteiger partial charge in [0.2, 0.25) is 0 Å². The van der Waals surface area contributed by atoms with Gasteiger partial charge in [0.25, 0.3) is 0 Å². The summed E-state index contributed by atoms with van der Waals surface area (Å²) in [6, 6.07) is 2.44. The van der Waals surface area contributed by atoms with Crippen LogP contribution < -0.4 is 11.1 Å². The van der Waals surface area contributed by atoms with Crippen LogP contribution in [0.5, 0.6) is 0 Å². The van der Waals surface area contributed by atoms with Gasteiger partial charge in [-0.1, -0.05) is 0 Å².